The predicted octanol–water partition coefficient (Wildman–Crippen LogP) is 0.497. The Kier molecular flexibility index (Phi) is 2.63. The largest absolute Gasteiger partial charge is 0.495 e. The van der Waals surface area contributed by atoms with Crippen LogP contribution >= 0.6 is 0 Å². The molecular weight excluding hydrogens is 170 g/mol. The third-order valence-corrected chi connectivity index (χ3v) is 1.76. The zero-order valence-electron chi connectivity index (χ0n) is 7.52. The van der Waals surface area contributed by atoms with E-state index in [9.17, 15) is 9.90 Å². The summed E-state index contributed by atoms with van der Waals surface area (Å²) in [4.78, 5) is 14.3. The third-order valence-electron chi connectivity index (χ3n) is 1.76. The van der Waals surface area contributed by atoms with E-state index in [0.29, 0.717) is 17.6 Å². The Morgan fingerprint density at radius 3 is 2.85 bits per heavy atom. The fourth-order valence-corrected chi connectivity index (χ4v) is 0.875. The molecule has 4 nitrogen and oxygen atoms in total. The Morgan fingerprint density at radius 1 is 1.62 bits per heavy atom. The van der Waals surface area contributed by atoms with Crippen LogP contribution in [-0.4, -0.2) is 23.5 Å². The summed E-state index contributed by atoms with van der Waals surface area (Å²) in [5, 5.41) is 9.55. The van der Waals surface area contributed by atoms with E-state index >= 15 is 0 Å². The number of rotatable bonds is 3. The molecular formula is C9H11NO3. The number of pyridine rings is 1. The average Bonchev–Trinajstić information content (AvgIpc) is 2.18. The van der Waals surface area contributed by atoms with Crippen molar-refractivity contribution in [2.24, 2.45) is 0 Å². The second-order valence-corrected chi connectivity index (χ2v) is 2.88. The lowest BCUT2D eigenvalue weighted by atomic mass is 10.00. The van der Waals surface area contributed by atoms with Gasteiger partial charge in [-0.2, -0.15) is 0 Å². The van der Waals surface area contributed by atoms with Crippen molar-refractivity contribution >= 4 is 6.29 Å². The van der Waals surface area contributed by atoms with Crippen molar-refractivity contribution in [1.82, 2.24) is 4.98 Å². The van der Waals surface area contributed by atoms with E-state index in [0.717, 1.165) is 0 Å². The highest BCUT2D eigenvalue weighted by Crippen LogP contribution is 2.20. The maximum Gasteiger partial charge on any atom is 0.155 e. The molecule has 0 aromatic carbocycles. The molecule has 0 fully saturated rings. The Morgan fingerprint density at radius 2 is 2.31 bits per heavy atom. The molecule has 13 heavy (non-hydrogen) atoms. The summed E-state index contributed by atoms with van der Waals surface area (Å²) in [7, 11) is 1.50. The highest BCUT2D eigenvalue weighted by molar-refractivity contribution is 5.64. The molecule has 0 saturated heterocycles. The second-order valence-electron chi connectivity index (χ2n) is 2.88. The third kappa shape index (κ3) is 2.03. The molecule has 1 rings (SSSR count). The number of hydrogen-bond donors (Lipinski definition) is 1. The SMILES string of the molecule is COc1cncc(C(C)(O)C=O)c1. The number of methoxy groups -OCH3 is 1. The molecule has 0 saturated carbocycles. The molecule has 1 aromatic heterocycles. The zero-order chi connectivity index (χ0) is 9.90. The number of carbonyl (C=O) groups is 1. The van der Waals surface area contributed by atoms with Crippen molar-refractivity contribution in [3.8, 4) is 5.75 Å². The summed E-state index contributed by atoms with van der Waals surface area (Å²) in [5.74, 6) is 0.514. The van der Waals surface area contributed by atoms with Crippen LogP contribution in [0.5, 0.6) is 5.75 Å². The lowest BCUT2D eigenvalue weighted by Crippen LogP contribution is -2.22. The Bertz CT molecular complexity index is 309. The molecule has 1 aromatic rings. The summed E-state index contributed by atoms with van der Waals surface area (Å²) in [6, 6.07) is 1.57. The molecule has 1 atom stereocenters. The van der Waals surface area contributed by atoms with Gasteiger partial charge in [0.1, 0.15) is 11.4 Å². The predicted molar refractivity (Wildman–Crippen MR) is 46.4 cm³/mol. The molecule has 0 aliphatic carbocycles. The van der Waals surface area contributed by atoms with Crippen LogP contribution in [0.15, 0.2) is 18.5 Å². The van der Waals surface area contributed by atoms with E-state index in [1.165, 1.54) is 26.4 Å². The van der Waals surface area contributed by atoms with E-state index in [2.05, 4.69) is 4.98 Å². The van der Waals surface area contributed by atoms with Crippen LogP contribution in [-0.2, 0) is 10.4 Å². The molecule has 0 amide bonds. The van der Waals surface area contributed by atoms with E-state index in [1.807, 2.05) is 0 Å². The molecule has 1 heterocycles. The number of hydrogen-bond acceptors (Lipinski definition) is 4. The lowest BCUT2D eigenvalue weighted by Gasteiger charge is -2.15. The van der Waals surface area contributed by atoms with Crippen LogP contribution in [0, 0.1) is 0 Å². The van der Waals surface area contributed by atoms with Gasteiger partial charge in [-0.1, -0.05) is 0 Å². The van der Waals surface area contributed by atoms with Crippen molar-refractivity contribution in [3.05, 3.63) is 24.0 Å². The minimum absolute atomic E-state index is 0.418. The first-order chi connectivity index (χ1) is 6.10. The van der Waals surface area contributed by atoms with Gasteiger partial charge in [0.2, 0.25) is 0 Å². The van der Waals surface area contributed by atoms with Crippen molar-refractivity contribution in [3.63, 3.8) is 0 Å². The van der Waals surface area contributed by atoms with Gasteiger partial charge in [0, 0.05) is 11.8 Å². The maximum absolute atomic E-state index is 10.5. The number of nitrogens with zero attached hydrogens (tertiary/aromatic N) is 1. The van der Waals surface area contributed by atoms with Gasteiger partial charge in [0.15, 0.2) is 6.29 Å². The molecule has 0 bridgehead atoms. The fraction of sp³-hybridized carbons (Fsp3) is 0.333. The first-order valence-electron chi connectivity index (χ1n) is 3.78. The first-order valence-corrected chi connectivity index (χ1v) is 3.78. The van der Waals surface area contributed by atoms with Crippen LogP contribution < -0.4 is 4.74 Å². The molecule has 0 aliphatic heterocycles. The van der Waals surface area contributed by atoms with Crippen molar-refractivity contribution < 1.29 is 14.6 Å². The van der Waals surface area contributed by atoms with Gasteiger partial charge in [-0.05, 0) is 13.0 Å². The average molecular weight is 181 g/mol. The number of carbonyl (C=O) groups excluding carboxylic acids is 1. The normalized spacial score (nSPS) is 14.7. The van der Waals surface area contributed by atoms with Gasteiger partial charge in [0.05, 0.1) is 13.3 Å². The fourth-order valence-electron chi connectivity index (χ4n) is 0.875. The lowest BCUT2D eigenvalue weighted by molar-refractivity contribution is -0.123. The molecule has 0 aliphatic rings. The van der Waals surface area contributed by atoms with Gasteiger partial charge in [0.25, 0.3) is 0 Å². The monoisotopic (exact) mass is 181 g/mol. The van der Waals surface area contributed by atoms with E-state index < -0.39 is 5.60 Å². The number of aromatic nitrogens is 1. The molecule has 0 radical (unpaired) electrons. The van der Waals surface area contributed by atoms with Gasteiger partial charge in [-0.3, -0.25) is 9.78 Å². The minimum Gasteiger partial charge on any atom is -0.495 e. The van der Waals surface area contributed by atoms with Gasteiger partial charge in [-0.25, -0.2) is 0 Å². The van der Waals surface area contributed by atoms with Gasteiger partial charge < -0.3 is 9.84 Å². The second kappa shape index (κ2) is 3.53. The highest BCUT2D eigenvalue weighted by Gasteiger charge is 2.22. The standard InChI is InChI=1S/C9H11NO3/c1-9(12,6-11)7-3-8(13-2)5-10-4-7/h3-6,12H,1-2H3. The summed E-state index contributed by atoms with van der Waals surface area (Å²) < 4.78 is 4.90. The summed E-state index contributed by atoms with van der Waals surface area (Å²) in [6.07, 6.45) is 3.39. The van der Waals surface area contributed by atoms with Crippen LogP contribution in [0.25, 0.3) is 0 Å². The van der Waals surface area contributed by atoms with Crippen LogP contribution in [0.4, 0.5) is 0 Å². The van der Waals surface area contributed by atoms with E-state index in [-0.39, 0.29) is 0 Å². The zero-order valence-corrected chi connectivity index (χ0v) is 7.52. The number of aliphatic hydroxyl groups is 1. The number of ether oxygens (including phenoxy) is 1. The van der Waals surface area contributed by atoms with Crippen LogP contribution in [0.3, 0.4) is 0 Å². The Hall–Kier alpha value is -1.42. The minimum atomic E-state index is -1.50. The topological polar surface area (TPSA) is 59.4 Å². The van der Waals surface area contributed by atoms with Crippen molar-refractivity contribution in [2.45, 2.75) is 12.5 Å². The molecule has 1 N–H and O–H groups in total. The van der Waals surface area contributed by atoms with Gasteiger partial charge >= 0.3 is 0 Å². The van der Waals surface area contributed by atoms with Crippen molar-refractivity contribution in [2.75, 3.05) is 7.11 Å². The Labute approximate surface area is 76.2 Å². The van der Waals surface area contributed by atoms with E-state index in [4.69, 9.17) is 4.74 Å². The van der Waals surface area contributed by atoms with Crippen LogP contribution in [0.1, 0.15) is 12.5 Å². The maximum atomic E-state index is 10.5. The summed E-state index contributed by atoms with van der Waals surface area (Å²) >= 11 is 0. The van der Waals surface area contributed by atoms with Crippen molar-refractivity contribution in [1.29, 1.82) is 0 Å². The quantitative estimate of drug-likeness (QED) is 0.690. The molecule has 70 valence electrons. The van der Waals surface area contributed by atoms with E-state index in [1.54, 1.807) is 6.07 Å². The summed E-state index contributed by atoms with van der Waals surface area (Å²) in [5.41, 5.74) is -1.08. The Balaban J connectivity index is 3.08. The summed E-state index contributed by atoms with van der Waals surface area (Å²) in [6.45, 7) is 1.40. The molecule has 1 unspecified atom stereocenters. The van der Waals surface area contributed by atoms with Gasteiger partial charge in [-0.15, -0.1) is 0 Å². The number of aldehydes is 1. The smallest absolute Gasteiger partial charge is 0.155 e. The molecule has 0 spiro atoms. The molecule has 4 heteroatoms. The highest BCUT2D eigenvalue weighted by atomic mass is 16.5. The first kappa shape index (κ1) is 9.67. The van der Waals surface area contributed by atoms with Crippen LogP contribution in [0.2, 0.25) is 0 Å².